The number of methoxy groups -OCH3 is 6. The lowest BCUT2D eigenvalue weighted by Gasteiger charge is -2.61. The van der Waals surface area contributed by atoms with Crippen molar-refractivity contribution in [3.05, 3.63) is 11.6 Å². The fourth-order valence-corrected chi connectivity index (χ4v) is 13.8. The average Bonchev–Trinajstić information content (AvgIpc) is 3.64. The molecule has 3 saturated carbocycles. The lowest BCUT2D eigenvalue weighted by molar-refractivity contribution is -0.369. The summed E-state index contributed by atoms with van der Waals surface area (Å²) in [7, 11) is 10.1. The quantitative estimate of drug-likeness (QED) is 0.245. The summed E-state index contributed by atoms with van der Waals surface area (Å²) in [5.41, 5.74) is 1.46. The molecule has 0 amide bonds. The highest BCUT2D eigenvalue weighted by Crippen LogP contribution is 2.71. The number of fused-ring (bicyclic) bond motifs is 7. The van der Waals surface area contributed by atoms with Gasteiger partial charge in [-0.25, -0.2) is 0 Å². The van der Waals surface area contributed by atoms with Crippen LogP contribution in [0.3, 0.4) is 0 Å². The number of allylic oxidation sites excluding steroid dienone is 1. The largest absolute Gasteiger partial charge is 0.381 e. The van der Waals surface area contributed by atoms with Crippen LogP contribution < -0.4 is 0 Å². The monoisotopic (exact) mass is 793 g/mol. The molecule has 0 unspecified atom stereocenters. The van der Waals surface area contributed by atoms with E-state index in [0.29, 0.717) is 42.1 Å². The molecule has 21 atom stereocenters. The molecule has 4 heterocycles. The van der Waals surface area contributed by atoms with Crippen LogP contribution in [-0.4, -0.2) is 135 Å². The predicted octanol–water partition coefficient (Wildman–Crippen LogP) is 5.92. The Morgan fingerprint density at radius 3 is 2.12 bits per heavy atom. The van der Waals surface area contributed by atoms with E-state index in [0.717, 1.165) is 45.1 Å². The highest BCUT2D eigenvalue weighted by atomic mass is 16.8. The summed E-state index contributed by atoms with van der Waals surface area (Å²) < 4.78 is 76.9. The maximum atomic E-state index is 7.37. The van der Waals surface area contributed by atoms with Crippen molar-refractivity contribution in [1.29, 1.82) is 0 Å². The molecule has 8 aliphatic rings. The molecule has 4 aliphatic heterocycles. The SMILES string of the molecule is CO[C@@H]1CC2=CC[C@H]3[C@@H]4C[C@@H]5O[C@]6(CC[C@H](C)CO6)[C@@H](C)[C@@H]5[C@@]4(C)CC[C@@H]3[C@@]2(C)[C@H](O[C@@H]2OC[C@@H](OC)[C@H](OC)[C@H]2O[C@@H]2O[C@@H](C)[C@H](OC)[C@@H](OC)[C@H]2OC)C1. The van der Waals surface area contributed by atoms with Crippen molar-refractivity contribution in [2.45, 2.75) is 165 Å². The molecule has 0 aromatic heterocycles. The van der Waals surface area contributed by atoms with Gasteiger partial charge >= 0.3 is 0 Å². The maximum Gasteiger partial charge on any atom is 0.187 e. The minimum atomic E-state index is -0.800. The molecular weight excluding hydrogens is 720 g/mol. The van der Waals surface area contributed by atoms with Gasteiger partial charge in [-0.05, 0) is 80.5 Å². The van der Waals surface area contributed by atoms with Gasteiger partial charge in [0, 0.05) is 66.8 Å². The van der Waals surface area contributed by atoms with E-state index in [-0.39, 0.29) is 47.5 Å². The molecule has 0 N–H and O–H groups in total. The fourth-order valence-electron chi connectivity index (χ4n) is 13.8. The second kappa shape index (κ2) is 16.3. The predicted molar refractivity (Wildman–Crippen MR) is 206 cm³/mol. The highest BCUT2D eigenvalue weighted by molar-refractivity contribution is 5.29. The minimum Gasteiger partial charge on any atom is -0.381 e. The molecule has 0 aromatic rings. The second-order valence-electron chi connectivity index (χ2n) is 19.2. The first-order valence-electron chi connectivity index (χ1n) is 21.7. The van der Waals surface area contributed by atoms with Crippen LogP contribution in [0.2, 0.25) is 0 Å². The Hall–Kier alpha value is -0.740. The van der Waals surface area contributed by atoms with E-state index in [1.54, 1.807) is 35.5 Å². The Labute approximate surface area is 335 Å². The molecule has 4 saturated heterocycles. The molecule has 56 heavy (non-hydrogen) atoms. The number of ether oxygens (including phenoxy) is 12. The average molecular weight is 793 g/mol. The topological polar surface area (TPSA) is 111 Å². The Kier molecular flexibility index (Phi) is 12.2. The van der Waals surface area contributed by atoms with Crippen molar-refractivity contribution in [1.82, 2.24) is 0 Å². The first kappa shape index (κ1) is 42.0. The molecule has 1 spiro atoms. The molecular formula is C44H72O12. The van der Waals surface area contributed by atoms with E-state index in [2.05, 4.69) is 33.8 Å². The van der Waals surface area contributed by atoms with Gasteiger partial charge in [-0.1, -0.05) is 39.3 Å². The van der Waals surface area contributed by atoms with Crippen molar-refractivity contribution < 1.29 is 56.8 Å². The lowest BCUT2D eigenvalue weighted by atomic mass is 9.46. The Morgan fingerprint density at radius 1 is 0.714 bits per heavy atom. The van der Waals surface area contributed by atoms with Crippen molar-refractivity contribution >= 4 is 0 Å². The molecule has 12 heteroatoms. The summed E-state index contributed by atoms with van der Waals surface area (Å²) in [5.74, 6) is 2.68. The molecule has 4 aliphatic carbocycles. The van der Waals surface area contributed by atoms with Crippen LogP contribution in [-0.2, 0) is 56.8 Å². The summed E-state index contributed by atoms with van der Waals surface area (Å²) in [4.78, 5) is 0. The second-order valence-corrected chi connectivity index (χ2v) is 19.2. The van der Waals surface area contributed by atoms with E-state index in [4.69, 9.17) is 56.8 Å². The van der Waals surface area contributed by atoms with Gasteiger partial charge in [0.15, 0.2) is 18.4 Å². The third-order valence-corrected chi connectivity index (χ3v) is 16.8. The standard InChI is InChI=1S/C44H72O12/c1-23-14-17-44(52-21-23)24(2)34-31(56-44)20-30-28-13-12-26-18-27(45-6)19-33(43(26,5)29(28)15-16-42(30,34)4)54-40-39(36(48-9)32(46-7)22-51-40)55-41-38(50-11)37(49-10)35(47-8)25(3)53-41/h12,23-25,27-41H,13-22H2,1-11H3/t23-,24-,25-,27+,28+,29-,30-,31-,32+,33+,34-,35-,36-,37+,38+,39+,40-,41-,42-,43-,44+/m0/s1. The van der Waals surface area contributed by atoms with Gasteiger partial charge in [0.2, 0.25) is 0 Å². The fraction of sp³-hybridized carbons (Fsp3) is 0.955. The van der Waals surface area contributed by atoms with Crippen molar-refractivity contribution in [2.24, 2.45) is 46.3 Å². The molecule has 0 radical (unpaired) electrons. The zero-order chi connectivity index (χ0) is 39.7. The summed E-state index contributed by atoms with van der Waals surface area (Å²) in [6, 6.07) is 0. The molecule has 7 fully saturated rings. The van der Waals surface area contributed by atoms with E-state index in [1.165, 1.54) is 18.4 Å². The van der Waals surface area contributed by atoms with Crippen molar-refractivity contribution in [3.8, 4) is 0 Å². The molecule has 0 aromatic carbocycles. The summed E-state index contributed by atoms with van der Waals surface area (Å²) in [6.07, 6.45) is 6.36. The van der Waals surface area contributed by atoms with Crippen LogP contribution in [0.25, 0.3) is 0 Å². The van der Waals surface area contributed by atoms with Gasteiger partial charge in [-0.15, -0.1) is 0 Å². The number of hydrogen-bond donors (Lipinski definition) is 0. The number of rotatable bonds is 10. The van der Waals surface area contributed by atoms with E-state index < -0.39 is 42.8 Å². The van der Waals surface area contributed by atoms with Crippen LogP contribution in [0.5, 0.6) is 0 Å². The van der Waals surface area contributed by atoms with Gasteiger partial charge in [-0.3, -0.25) is 0 Å². The molecule has 320 valence electrons. The van der Waals surface area contributed by atoms with E-state index >= 15 is 0 Å². The normalized spacial score (nSPS) is 54.2. The molecule has 8 rings (SSSR count). The van der Waals surface area contributed by atoms with Crippen molar-refractivity contribution in [2.75, 3.05) is 55.9 Å². The smallest absolute Gasteiger partial charge is 0.187 e. The maximum absolute atomic E-state index is 7.37. The Bertz CT molecular complexity index is 1390. The Balaban J connectivity index is 1.07. The molecule has 0 bridgehead atoms. The first-order chi connectivity index (χ1) is 26.9. The third kappa shape index (κ3) is 6.62. The minimum absolute atomic E-state index is 0.0426. The summed E-state index contributed by atoms with van der Waals surface area (Å²) >= 11 is 0. The van der Waals surface area contributed by atoms with E-state index in [9.17, 15) is 0 Å². The third-order valence-electron chi connectivity index (χ3n) is 16.8. The van der Waals surface area contributed by atoms with Gasteiger partial charge in [0.1, 0.15) is 36.6 Å². The van der Waals surface area contributed by atoms with E-state index in [1.807, 2.05) is 14.0 Å². The van der Waals surface area contributed by atoms with Crippen LogP contribution in [0.15, 0.2) is 11.6 Å². The molecule has 12 nitrogen and oxygen atoms in total. The van der Waals surface area contributed by atoms with Crippen molar-refractivity contribution in [3.63, 3.8) is 0 Å². The Morgan fingerprint density at radius 2 is 1.46 bits per heavy atom. The van der Waals surface area contributed by atoms with Crippen LogP contribution in [0.1, 0.15) is 86.0 Å². The van der Waals surface area contributed by atoms with Gasteiger partial charge < -0.3 is 56.8 Å². The van der Waals surface area contributed by atoms with Crippen LogP contribution in [0.4, 0.5) is 0 Å². The number of hydrogen-bond acceptors (Lipinski definition) is 12. The van der Waals surface area contributed by atoms with Gasteiger partial charge in [0.05, 0.1) is 37.6 Å². The van der Waals surface area contributed by atoms with Gasteiger partial charge in [-0.2, -0.15) is 0 Å². The lowest BCUT2D eigenvalue weighted by Crippen LogP contribution is -2.64. The highest BCUT2D eigenvalue weighted by Gasteiger charge is 2.69. The zero-order valence-electron chi connectivity index (χ0n) is 35.9. The van der Waals surface area contributed by atoms with Crippen LogP contribution >= 0.6 is 0 Å². The first-order valence-corrected chi connectivity index (χ1v) is 21.7. The van der Waals surface area contributed by atoms with Gasteiger partial charge in [0.25, 0.3) is 0 Å². The summed E-state index contributed by atoms with van der Waals surface area (Å²) in [5, 5.41) is 0. The zero-order valence-corrected chi connectivity index (χ0v) is 35.9. The summed E-state index contributed by atoms with van der Waals surface area (Å²) in [6.45, 7) is 12.9. The van der Waals surface area contributed by atoms with Crippen LogP contribution in [0, 0.1) is 46.3 Å².